The summed E-state index contributed by atoms with van der Waals surface area (Å²) < 4.78 is 38.5. The number of ketones is 1. The summed E-state index contributed by atoms with van der Waals surface area (Å²) in [5, 5.41) is 9.95. The van der Waals surface area contributed by atoms with Crippen LogP contribution in [0, 0.1) is 17.3 Å². The van der Waals surface area contributed by atoms with Gasteiger partial charge in [0.15, 0.2) is 5.78 Å². The number of nitrogens with one attached hydrogen (secondary N) is 4. The number of urea groups is 1. The number of unbranched alkanes of at least 4 members (excludes halogenated alkanes) is 2. The van der Waals surface area contributed by atoms with Crippen LogP contribution in [0.4, 0.5) is 10.5 Å². The van der Waals surface area contributed by atoms with Crippen LogP contribution in [0.2, 0.25) is 0 Å². The predicted molar refractivity (Wildman–Crippen MR) is 204 cm³/mol. The number of rotatable bonds is 23. The molecule has 1 aromatic carbocycles. The van der Waals surface area contributed by atoms with Crippen molar-refractivity contribution >= 4 is 63.1 Å². The Balaban J connectivity index is 2.09. The van der Waals surface area contributed by atoms with Crippen LogP contribution in [0.5, 0.6) is 0 Å². The molecule has 3 atom stereocenters. The summed E-state index contributed by atoms with van der Waals surface area (Å²) in [6.45, 7) is 8.72. The van der Waals surface area contributed by atoms with E-state index in [0.717, 1.165) is 17.1 Å². The molecule has 0 fully saturated rings. The van der Waals surface area contributed by atoms with Crippen molar-refractivity contribution in [3.63, 3.8) is 0 Å². The van der Waals surface area contributed by atoms with Gasteiger partial charge < -0.3 is 31.7 Å². The summed E-state index contributed by atoms with van der Waals surface area (Å²) in [6, 6.07) is 2.75. The molecule has 56 heavy (non-hydrogen) atoms. The smallest absolute Gasteiger partial charge is 0.312 e. The van der Waals surface area contributed by atoms with E-state index in [2.05, 4.69) is 21.3 Å². The molecular formula is C37H54N6O12S. The van der Waals surface area contributed by atoms with Crippen molar-refractivity contribution in [2.75, 3.05) is 24.2 Å². The Kier molecular flexibility index (Phi) is 18.3. The maximum absolute atomic E-state index is 13.7. The molecule has 7 N–H and O–H groups in total. The van der Waals surface area contributed by atoms with Crippen LogP contribution in [-0.4, -0.2) is 96.1 Å². The van der Waals surface area contributed by atoms with Crippen LogP contribution < -0.4 is 27.0 Å². The van der Waals surface area contributed by atoms with Gasteiger partial charge in [-0.3, -0.25) is 43.0 Å². The third kappa shape index (κ3) is 17.1. The lowest BCUT2D eigenvalue weighted by atomic mass is 9.89. The molecule has 0 radical (unpaired) electrons. The fraction of sp³-hybridized carbons (Fsp3) is 0.568. The normalized spacial score (nSPS) is 14.5. The first kappa shape index (κ1) is 47.0. The number of benzene rings is 1. The molecule has 1 aromatic rings. The van der Waals surface area contributed by atoms with Crippen molar-refractivity contribution < 1.29 is 56.1 Å². The van der Waals surface area contributed by atoms with E-state index in [4.69, 9.17) is 10.5 Å². The number of amides is 7. The molecule has 1 aliphatic heterocycles. The molecule has 0 saturated carbocycles. The van der Waals surface area contributed by atoms with E-state index in [1.165, 1.54) is 0 Å². The Bertz CT molecular complexity index is 1720. The minimum Gasteiger partial charge on any atom is -0.460 e. The minimum atomic E-state index is -4.78. The molecule has 18 nitrogen and oxygen atoms in total. The number of carbonyl (C=O) groups excluding carboxylic acids is 8. The van der Waals surface area contributed by atoms with Gasteiger partial charge in [-0.2, -0.15) is 8.42 Å². The van der Waals surface area contributed by atoms with Crippen LogP contribution in [-0.2, 0) is 55.0 Å². The topological polar surface area (TPSA) is 278 Å². The first-order valence-electron chi connectivity index (χ1n) is 18.3. The predicted octanol–water partition coefficient (Wildman–Crippen LogP) is 1.74. The number of imide groups is 1. The Hall–Kier alpha value is -5.17. The number of nitrogens with zero attached hydrogens (tertiary/aromatic N) is 1. The van der Waals surface area contributed by atoms with E-state index in [0.29, 0.717) is 24.1 Å². The molecular weight excluding hydrogens is 753 g/mol. The molecule has 7 amide bonds. The maximum Gasteiger partial charge on any atom is 0.312 e. The van der Waals surface area contributed by atoms with Crippen LogP contribution in [0.15, 0.2) is 36.4 Å². The lowest BCUT2D eigenvalue weighted by Crippen LogP contribution is -2.55. The van der Waals surface area contributed by atoms with E-state index in [9.17, 15) is 51.3 Å². The van der Waals surface area contributed by atoms with Crippen molar-refractivity contribution in [3.05, 3.63) is 42.0 Å². The van der Waals surface area contributed by atoms with E-state index < -0.39 is 86.6 Å². The maximum atomic E-state index is 13.7. The number of hydrogen-bond donors (Lipinski definition) is 6. The molecule has 0 bridgehead atoms. The minimum absolute atomic E-state index is 0.0245. The zero-order valence-electron chi connectivity index (χ0n) is 32.4. The summed E-state index contributed by atoms with van der Waals surface area (Å²) in [7, 11) is -4.78. The van der Waals surface area contributed by atoms with E-state index in [1.807, 2.05) is 0 Å². The Labute approximate surface area is 326 Å². The van der Waals surface area contributed by atoms with Crippen molar-refractivity contribution in [1.82, 2.24) is 20.9 Å². The summed E-state index contributed by atoms with van der Waals surface area (Å²) in [5.74, 6) is -6.79. The number of carbonyl (C=O) groups is 8. The van der Waals surface area contributed by atoms with Gasteiger partial charge in [0.2, 0.25) is 17.7 Å². The molecule has 0 saturated heterocycles. The zero-order valence-corrected chi connectivity index (χ0v) is 33.2. The lowest BCUT2D eigenvalue weighted by Gasteiger charge is -2.26. The van der Waals surface area contributed by atoms with Crippen LogP contribution in [0.1, 0.15) is 85.1 Å². The quantitative estimate of drug-likeness (QED) is 0.0399. The number of primary amides is 1. The Morgan fingerprint density at radius 2 is 1.52 bits per heavy atom. The monoisotopic (exact) mass is 806 g/mol. The number of hydrogen-bond acceptors (Lipinski definition) is 11. The molecule has 1 aliphatic rings. The molecule has 0 aromatic heterocycles. The average Bonchev–Trinajstić information content (AvgIpc) is 3.41. The van der Waals surface area contributed by atoms with Gasteiger partial charge in [-0.15, -0.1) is 0 Å². The van der Waals surface area contributed by atoms with Gasteiger partial charge in [0.05, 0.1) is 11.5 Å². The first-order valence-corrected chi connectivity index (χ1v) is 19.9. The van der Waals surface area contributed by atoms with E-state index in [-0.39, 0.29) is 57.8 Å². The Morgan fingerprint density at radius 3 is 2.07 bits per heavy atom. The lowest BCUT2D eigenvalue weighted by molar-refractivity contribution is -0.154. The summed E-state index contributed by atoms with van der Waals surface area (Å²) in [5.41, 5.74) is 5.53. The van der Waals surface area contributed by atoms with E-state index in [1.54, 1.807) is 58.9 Å². The second-order valence-corrected chi connectivity index (χ2v) is 16.4. The zero-order chi connectivity index (χ0) is 42.2. The summed E-state index contributed by atoms with van der Waals surface area (Å²) >= 11 is 0. The van der Waals surface area contributed by atoms with Crippen molar-refractivity contribution in [1.29, 1.82) is 0 Å². The fourth-order valence-corrected chi connectivity index (χ4v) is 6.12. The third-order valence-corrected chi connectivity index (χ3v) is 9.33. The standard InChI is InChI=1S/C37H54N6O12S/c1-23(2)32(42-34(49)27(22-56(52,53)54)41-29(45)11-7-6-8-19-43-30(46)16-17-31(43)47)28(44)20-25(10-9-18-39-36(38)51)33(48)40-26-14-12-24(13-15-26)21-55-35(50)37(3,4)5/h12-17,23,25,27,32H,6-11,18-22H2,1-5H3,(H,40,48)(H,41,45)(H,42,49)(H3,38,39,51)(H,52,53,54)/t25-,27+,32+/m0/s1. The highest BCUT2D eigenvalue weighted by molar-refractivity contribution is 7.85. The second kappa shape index (κ2) is 21.8. The number of esters is 1. The SMILES string of the molecule is CC(C)[C@@H](NC(=O)[C@@H](CS(=O)(=O)O)NC(=O)CCCCCN1C(=O)C=CC1=O)C(=O)C[C@H](CCCNC(N)=O)C(=O)Nc1ccc(COC(=O)C(C)(C)C)cc1. The third-order valence-electron chi connectivity index (χ3n) is 8.58. The van der Waals surface area contributed by atoms with E-state index >= 15 is 0 Å². The number of anilines is 1. The Morgan fingerprint density at radius 1 is 0.893 bits per heavy atom. The average molecular weight is 807 g/mol. The molecule has 0 aliphatic carbocycles. The molecule has 19 heteroatoms. The largest absolute Gasteiger partial charge is 0.460 e. The second-order valence-electron chi connectivity index (χ2n) is 14.9. The number of nitrogens with two attached hydrogens (primary N) is 1. The van der Waals surface area contributed by atoms with Crippen LogP contribution in [0.25, 0.3) is 0 Å². The van der Waals surface area contributed by atoms with Gasteiger partial charge in [0, 0.05) is 49.7 Å². The molecule has 1 heterocycles. The highest BCUT2D eigenvalue weighted by Crippen LogP contribution is 2.21. The van der Waals surface area contributed by atoms with Gasteiger partial charge >= 0.3 is 12.0 Å². The van der Waals surface area contributed by atoms with Gasteiger partial charge in [-0.1, -0.05) is 32.4 Å². The highest BCUT2D eigenvalue weighted by Gasteiger charge is 2.33. The summed E-state index contributed by atoms with van der Waals surface area (Å²) in [4.78, 5) is 101. The molecule has 0 unspecified atom stereocenters. The van der Waals surface area contributed by atoms with Gasteiger partial charge in [-0.05, 0) is 70.1 Å². The van der Waals surface area contributed by atoms with Crippen molar-refractivity contribution in [2.45, 2.75) is 98.3 Å². The number of ether oxygens (including phenoxy) is 1. The highest BCUT2D eigenvalue weighted by atomic mass is 32.2. The van der Waals surface area contributed by atoms with Crippen LogP contribution in [0.3, 0.4) is 0 Å². The number of Topliss-reactive ketones (excluding diaryl/α,β-unsaturated/α-hetero) is 1. The van der Waals surface area contributed by atoms with Gasteiger partial charge in [0.1, 0.15) is 18.4 Å². The van der Waals surface area contributed by atoms with Crippen molar-refractivity contribution in [3.8, 4) is 0 Å². The fourth-order valence-electron chi connectivity index (χ4n) is 5.47. The van der Waals surface area contributed by atoms with Crippen molar-refractivity contribution in [2.24, 2.45) is 23.0 Å². The molecule has 310 valence electrons. The summed E-state index contributed by atoms with van der Waals surface area (Å²) in [6.07, 6.45) is 3.31. The van der Waals surface area contributed by atoms with Gasteiger partial charge in [-0.25, -0.2) is 4.79 Å². The molecule has 0 spiro atoms. The van der Waals surface area contributed by atoms with Crippen LogP contribution >= 0.6 is 0 Å². The van der Waals surface area contributed by atoms with Gasteiger partial charge in [0.25, 0.3) is 21.9 Å². The molecule has 2 rings (SSSR count). The first-order chi connectivity index (χ1) is 26.1.